The zero-order valence-corrected chi connectivity index (χ0v) is 23.4. The largest absolute Gasteiger partial charge is 0.498 e. The molecule has 0 radical (unpaired) electrons. The number of hydrogen-bond donors (Lipinski definition) is 1. The summed E-state index contributed by atoms with van der Waals surface area (Å²) in [5, 5.41) is 3.43. The first-order valence-electron chi connectivity index (χ1n) is 13.2. The van der Waals surface area contributed by atoms with Gasteiger partial charge in [-0.25, -0.2) is 0 Å². The van der Waals surface area contributed by atoms with Gasteiger partial charge < -0.3 is 29.0 Å². The van der Waals surface area contributed by atoms with Crippen LogP contribution in [0.2, 0.25) is 0 Å². The summed E-state index contributed by atoms with van der Waals surface area (Å²) in [6, 6.07) is 5.94. The molecule has 35 heavy (non-hydrogen) atoms. The molecule has 0 unspecified atom stereocenters. The van der Waals surface area contributed by atoms with Crippen LogP contribution >= 0.6 is 0 Å². The van der Waals surface area contributed by atoms with Gasteiger partial charge in [0.25, 0.3) is 5.91 Å². The van der Waals surface area contributed by atoms with Crippen molar-refractivity contribution in [1.29, 1.82) is 0 Å². The number of nitrogens with zero attached hydrogens (tertiary/aromatic N) is 1. The van der Waals surface area contributed by atoms with Crippen LogP contribution in [0.4, 0.5) is 0 Å². The van der Waals surface area contributed by atoms with Crippen molar-refractivity contribution in [3.8, 4) is 5.75 Å². The summed E-state index contributed by atoms with van der Waals surface area (Å²) in [6.45, 7) is 19.2. The fraction of sp³-hybridized carbons (Fsp3) is 0.741. The van der Waals surface area contributed by atoms with E-state index in [1.54, 1.807) is 7.11 Å². The Morgan fingerprint density at radius 3 is 2.37 bits per heavy atom. The summed E-state index contributed by atoms with van der Waals surface area (Å²) in [5.74, 6) is 0.654. The molecule has 2 fully saturated rings. The molecule has 1 N–H and O–H groups in total. The highest BCUT2D eigenvalue weighted by atomic mass is 16.7. The first-order valence-corrected chi connectivity index (χ1v) is 13.2. The molecular weight excluding hydrogens is 443 g/mol. The Morgan fingerprint density at radius 2 is 1.83 bits per heavy atom. The van der Waals surface area contributed by atoms with E-state index in [-0.39, 0.29) is 18.0 Å². The van der Waals surface area contributed by atoms with Gasteiger partial charge in [-0.2, -0.15) is 0 Å². The van der Waals surface area contributed by atoms with Crippen molar-refractivity contribution in [3.63, 3.8) is 0 Å². The third kappa shape index (κ3) is 7.22. The lowest BCUT2D eigenvalue weighted by atomic mass is 9.78. The molecule has 2 aliphatic heterocycles. The van der Waals surface area contributed by atoms with Gasteiger partial charge in [-0.05, 0) is 73.1 Å². The van der Waals surface area contributed by atoms with Gasteiger partial charge >= 0.3 is 7.12 Å². The van der Waals surface area contributed by atoms with Crippen molar-refractivity contribution < 1.29 is 23.6 Å². The van der Waals surface area contributed by atoms with Gasteiger partial charge in [0.15, 0.2) is 0 Å². The van der Waals surface area contributed by atoms with E-state index in [1.807, 2.05) is 64.6 Å². The van der Waals surface area contributed by atoms with Crippen molar-refractivity contribution in [1.82, 2.24) is 10.2 Å². The van der Waals surface area contributed by atoms with Gasteiger partial charge in [0.1, 0.15) is 5.75 Å². The van der Waals surface area contributed by atoms with Gasteiger partial charge in [0, 0.05) is 49.8 Å². The van der Waals surface area contributed by atoms with E-state index in [0.717, 1.165) is 37.8 Å². The smallest absolute Gasteiger partial charge is 0.494 e. The lowest BCUT2D eigenvalue weighted by molar-refractivity contribution is 0.00578. The Hall–Kier alpha value is -1.61. The molecule has 0 aliphatic carbocycles. The molecule has 8 heteroatoms. The highest BCUT2D eigenvalue weighted by molar-refractivity contribution is 6.63. The first kappa shape index (κ1) is 29.6. The molecule has 0 aromatic heterocycles. The maximum Gasteiger partial charge on any atom is 0.498 e. The average molecular weight is 490 g/mol. The van der Waals surface area contributed by atoms with Crippen LogP contribution < -0.4 is 15.5 Å². The highest BCUT2D eigenvalue weighted by Crippen LogP contribution is 2.37. The number of carbonyl (C=O) groups is 1. The third-order valence-electron chi connectivity index (χ3n) is 6.97. The van der Waals surface area contributed by atoms with Crippen LogP contribution in [0.15, 0.2) is 18.2 Å². The van der Waals surface area contributed by atoms with E-state index >= 15 is 0 Å². The first-order chi connectivity index (χ1) is 16.6. The Bertz CT molecular complexity index is 793. The van der Waals surface area contributed by atoms with Gasteiger partial charge in [0.05, 0.1) is 17.8 Å². The standard InChI is InChI=1S/C25H41BN2O5.C2H6/c1-18(2)28(20-10-8-13-27-17-20)23(29)19-11-12-21(22(16-19)31-15-9-14-30-7)26-32-24(3,4)25(5,6)33-26;1-2/h11-12,16,18,20,27H,8-10,13-15,17H2,1-7H3;1-2H3/t20-;/m1./s1. The van der Waals surface area contributed by atoms with E-state index < -0.39 is 18.3 Å². The normalized spacial score (nSPS) is 20.9. The zero-order chi connectivity index (χ0) is 26.2. The summed E-state index contributed by atoms with van der Waals surface area (Å²) in [7, 11) is 1.12. The summed E-state index contributed by atoms with van der Waals surface area (Å²) >= 11 is 0. The number of nitrogens with one attached hydrogen (secondary N) is 1. The molecular formula is C27H47BN2O5. The van der Waals surface area contributed by atoms with E-state index in [2.05, 4.69) is 19.2 Å². The molecule has 198 valence electrons. The Labute approximate surface area is 213 Å². The minimum Gasteiger partial charge on any atom is -0.494 e. The zero-order valence-electron chi connectivity index (χ0n) is 23.4. The molecule has 1 amide bonds. The van der Waals surface area contributed by atoms with Crippen molar-refractivity contribution in [3.05, 3.63) is 23.8 Å². The van der Waals surface area contributed by atoms with Crippen LogP contribution in [0.1, 0.15) is 85.0 Å². The topological polar surface area (TPSA) is 69.3 Å². The number of ether oxygens (including phenoxy) is 2. The fourth-order valence-corrected chi connectivity index (χ4v) is 4.38. The molecule has 2 heterocycles. The van der Waals surface area contributed by atoms with Gasteiger partial charge in [-0.3, -0.25) is 4.79 Å². The average Bonchev–Trinajstić information content (AvgIpc) is 3.05. The molecule has 2 saturated heterocycles. The predicted octanol–water partition coefficient (Wildman–Crippen LogP) is 4.03. The third-order valence-corrected chi connectivity index (χ3v) is 6.97. The number of methoxy groups -OCH3 is 1. The molecule has 3 rings (SSSR count). The molecule has 1 atom stereocenters. The summed E-state index contributed by atoms with van der Waals surface area (Å²) in [5.41, 5.74) is 0.512. The molecule has 1 aromatic carbocycles. The van der Waals surface area contributed by atoms with Crippen molar-refractivity contribution in [2.75, 3.05) is 33.4 Å². The van der Waals surface area contributed by atoms with E-state index in [1.165, 1.54) is 0 Å². The Balaban J connectivity index is 0.00000210. The number of piperidine rings is 1. The van der Waals surface area contributed by atoms with Crippen LogP contribution in [0.3, 0.4) is 0 Å². The SMILES string of the molecule is CC.COCCCOc1cc(C(=O)N(C(C)C)[C@@H]2CCCNC2)ccc1B1OC(C)(C)C(C)(C)O1. The second-order valence-electron chi connectivity index (χ2n) is 10.3. The molecule has 0 spiro atoms. The monoisotopic (exact) mass is 490 g/mol. The summed E-state index contributed by atoms with van der Waals surface area (Å²) < 4.78 is 23.8. The van der Waals surface area contributed by atoms with Gasteiger partial charge in [-0.1, -0.05) is 19.9 Å². The number of benzene rings is 1. The summed E-state index contributed by atoms with van der Waals surface area (Å²) in [4.78, 5) is 15.6. The molecule has 1 aromatic rings. The molecule has 7 nitrogen and oxygen atoms in total. The van der Waals surface area contributed by atoms with E-state index in [0.29, 0.717) is 24.5 Å². The minimum absolute atomic E-state index is 0.0286. The number of amides is 1. The van der Waals surface area contributed by atoms with Crippen molar-refractivity contribution >= 4 is 18.5 Å². The van der Waals surface area contributed by atoms with Crippen LogP contribution in [0, 0.1) is 0 Å². The van der Waals surface area contributed by atoms with Crippen LogP contribution in [0.5, 0.6) is 5.75 Å². The quantitative estimate of drug-likeness (QED) is 0.417. The molecule has 0 saturated carbocycles. The van der Waals surface area contributed by atoms with E-state index in [9.17, 15) is 4.79 Å². The van der Waals surface area contributed by atoms with Crippen molar-refractivity contribution in [2.24, 2.45) is 0 Å². The predicted molar refractivity (Wildman–Crippen MR) is 143 cm³/mol. The number of carbonyl (C=O) groups excluding carboxylic acids is 1. The maximum atomic E-state index is 13.6. The van der Waals surface area contributed by atoms with Crippen LogP contribution in [0.25, 0.3) is 0 Å². The number of rotatable bonds is 9. The summed E-state index contributed by atoms with van der Waals surface area (Å²) in [6.07, 6.45) is 2.85. The van der Waals surface area contributed by atoms with Crippen LogP contribution in [-0.2, 0) is 14.0 Å². The van der Waals surface area contributed by atoms with E-state index in [4.69, 9.17) is 18.8 Å². The van der Waals surface area contributed by atoms with Gasteiger partial charge in [-0.15, -0.1) is 0 Å². The van der Waals surface area contributed by atoms with Crippen LogP contribution in [-0.4, -0.2) is 74.6 Å². The maximum absolute atomic E-state index is 13.6. The minimum atomic E-state index is -0.555. The molecule has 0 bridgehead atoms. The second kappa shape index (κ2) is 13.1. The van der Waals surface area contributed by atoms with Gasteiger partial charge in [0.2, 0.25) is 0 Å². The number of hydrogen-bond acceptors (Lipinski definition) is 6. The Kier molecular flexibility index (Phi) is 11.1. The second-order valence-corrected chi connectivity index (χ2v) is 10.3. The van der Waals surface area contributed by atoms with Crippen molar-refractivity contribution in [2.45, 2.75) is 97.9 Å². The fourth-order valence-electron chi connectivity index (χ4n) is 4.38. The Morgan fingerprint density at radius 1 is 1.17 bits per heavy atom. The lowest BCUT2D eigenvalue weighted by Crippen LogP contribution is -2.51. The molecule has 2 aliphatic rings. The lowest BCUT2D eigenvalue weighted by Gasteiger charge is -2.37. The highest BCUT2D eigenvalue weighted by Gasteiger charge is 2.52.